The van der Waals surface area contributed by atoms with Crippen molar-refractivity contribution in [1.82, 2.24) is 0 Å². The molecule has 0 aliphatic carbocycles. The minimum Gasteiger partial charge on any atom is -0.693 e. The van der Waals surface area contributed by atoms with E-state index < -0.39 is 0 Å². The van der Waals surface area contributed by atoms with Crippen LogP contribution in [0, 0.1) is 6.92 Å². The summed E-state index contributed by atoms with van der Waals surface area (Å²) in [6.45, 7) is 5.00. The maximum atomic E-state index is 3.89. The molecule has 0 spiro atoms. The van der Waals surface area contributed by atoms with Crippen LogP contribution in [0.2, 0.25) is 0 Å². The van der Waals surface area contributed by atoms with Gasteiger partial charge in [-0.1, -0.05) is 11.8 Å². The van der Waals surface area contributed by atoms with Crippen LogP contribution in [0.1, 0.15) is 6.92 Å². The van der Waals surface area contributed by atoms with E-state index >= 15 is 0 Å². The number of nitrogens with two attached hydrogens (primary N) is 1. The molecule has 0 saturated heterocycles. The molecule has 0 bridgehead atoms. The summed E-state index contributed by atoms with van der Waals surface area (Å²) >= 11 is 3.89. The van der Waals surface area contributed by atoms with Crippen molar-refractivity contribution in [3.63, 3.8) is 0 Å². The molecule has 4 heteroatoms. The molecular weight excluding hydrogens is 285 g/mol. The van der Waals surface area contributed by atoms with Crippen molar-refractivity contribution in [2.75, 3.05) is 0 Å². The monoisotopic (exact) mass is 293 g/mol. The van der Waals surface area contributed by atoms with Gasteiger partial charge in [-0.3, -0.25) is 0 Å². The van der Waals surface area contributed by atoms with Crippen LogP contribution in [-0.4, -0.2) is 0 Å². The zero-order valence-corrected chi connectivity index (χ0v) is 8.35. The van der Waals surface area contributed by atoms with Crippen LogP contribution in [0.15, 0.2) is 0 Å². The normalized spacial score (nSPS) is 1.67. The summed E-state index contributed by atoms with van der Waals surface area (Å²) in [5, 5.41) is 0. The van der Waals surface area contributed by atoms with Crippen molar-refractivity contribution >= 4 is 19.8 Å². The van der Waals surface area contributed by atoms with E-state index in [2.05, 4.69) is 26.7 Å². The van der Waals surface area contributed by atoms with Crippen LogP contribution in [0.3, 0.4) is 0 Å². The Morgan fingerprint density at radius 3 is 1.33 bits per heavy atom. The molecule has 0 atom stereocenters. The molecule has 0 aromatic heterocycles. The third-order valence-electron chi connectivity index (χ3n) is 0. The molecule has 0 aromatic rings. The molecule has 0 aromatic carbocycles. The Bertz CT molecular complexity index is 13.5. The summed E-state index contributed by atoms with van der Waals surface area (Å²) in [5.74, 6) is 0. The van der Waals surface area contributed by atoms with Gasteiger partial charge in [-0.2, -0.15) is 6.92 Å². The van der Waals surface area contributed by atoms with Crippen LogP contribution >= 0.6 is 8.02 Å². The Labute approximate surface area is 61.0 Å². The summed E-state index contributed by atoms with van der Waals surface area (Å²) in [7, 11) is 2.56. The van der Waals surface area contributed by atoms with Gasteiger partial charge < -0.3 is 13.1 Å². The van der Waals surface area contributed by atoms with Crippen molar-refractivity contribution in [3.8, 4) is 0 Å². The van der Waals surface area contributed by atoms with E-state index in [0.717, 1.165) is 0 Å². The second-order valence-electron chi connectivity index (χ2n) is 0. The number of hydrogen-bond acceptors (Lipinski definition) is 1. The molecule has 0 unspecified atom stereocenters. The predicted octanol–water partition coefficient (Wildman–Crippen LogP) is 2.15. The molecule has 0 rings (SSSR count). The van der Waals surface area contributed by atoms with Crippen LogP contribution < -0.4 is 0 Å². The van der Waals surface area contributed by atoms with Gasteiger partial charge in [0.1, 0.15) is 0 Å². The van der Waals surface area contributed by atoms with Crippen molar-refractivity contribution in [2.24, 2.45) is 0 Å². The minimum absolute atomic E-state index is 0. The SMILES string of the molecule is P=S.[CH2-]C.[NH2-].[W+2]. The second kappa shape index (κ2) is 121. The zero-order valence-electron chi connectivity index (χ0n) is 3.60. The van der Waals surface area contributed by atoms with E-state index in [0.29, 0.717) is 0 Å². The first kappa shape index (κ1) is 27.2. The number of hydrogen-bond donors (Lipinski definition) is 0. The minimum atomic E-state index is 0. The summed E-state index contributed by atoms with van der Waals surface area (Å²) in [6.07, 6.45) is 0. The fraction of sp³-hybridized carbons (Fsp3) is 0.500. The second-order valence-corrected chi connectivity index (χ2v) is 0. The van der Waals surface area contributed by atoms with E-state index in [1.54, 1.807) is 6.92 Å². The first-order valence-corrected chi connectivity index (χ1v) is 2.54. The fourth-order valence-corrected chi connectivity index (χ4v) is 0. The first-order chi connectivity index (χ1) is 2.00. The van der Waals surface area contributed by atoms with Crippen LogP contribution in [0.25, 0.3) is 6.15 Å². The molecular formula is C2H8NPSW. The smallest absolute Gasteiger partial charge is 0.693 e. The Kier molecular flexibility index (Phi) is 547. The average molecular weight is 293 g/mol. The van der Waals surface area contributed by atoms with E-state index in [-0.39, 0.29) is 27.2 Å². The molecule has 0 aliphatic heterocycles. The summed E-state index contributed by atoms with van der Waals surface area (Å²) in [5.41, 5.74) is 0. The zero-order chi connectivity index (χ0) is 4.00. The fourth-order valence-electron chi connectivity index (χ4n) is 0. The van der Waals surface area contributed by atoms with Crippen molar-refractivity contribution < 1.29 is 21.1 Å². The van der Waals surface area contributed by atoms with E-state index in [1.807, 2.05) is 0 Å². The van der Waals surface area contributed by atoms with Crippen molar-refractivity contribution in [3.05, 3.63) is 13.1 Å². The van der Waals surface area contributed by atoms with Gasteiger partial charge in [-0.15, -0.1) is 0 Å². The van der Waals surface area contributed by atoms with Gasteiger partial charge in [-0.05, 0) is 8.02 Å². The maximum Gasteiger partial charge on any atom is 2.00 e. The van der Waals surface area contributed by atoms with E-state index in [4.69, 9.17) is 0 Å². The Hall–Kier alpha value is 1.17. The molecule has 0 fully saturated rings. The maximum absolute atomic E-state index is 3.89. The molecule has 2 N–H and O–H groups in total. The molecule has 1 nitrogen and oxygen atoms in total. The largest absolute Gasteiger partial charge is 2.00 e. The van der Waals surface area contributed by atoms with Crippen molar-refractivity contribution in [1.29, 1.82) is 0 Å². The van der Waals surface area contributed by atoms with Gasteiger partial charge in [0.25, 0.3) is 0 Å². The average Bonchev–Trinajstić information content (AvgIpc) is 1.50. The van der Waals surface area contributed by atoms with Gasteiger partial charge in [0.05, 0.1) is 0 Å². The quantitative estimate of drug-likeness (QED) is 0.497. The van der Waals surface area contributed by atoms with Gasteiger partial charge in [0.15, 0.2) is 0 Å². The summed E-state index contributed by atoms with van der Waals surface area (Å²) in [6, 6.07) is 0. The molecule has 0 aliphatic rings. The van der Waals surface area contributed by atoms with Crippen LogP contribution in [0.4, 0.5) is 0 Å². The molecule has 0 amide bonds. The predicted molar refractivity (Wildman–Crippen MR) is 32.0 cm³/mol. The topological polar surface area (TPSA) is 33.5 Å². The molecule has 0 saturated carbocycles. The van der Waals surface area contributed by atoms with Crippen LogP contribution in [-0.2, 0) is 32.9 Å². The van der Waals surface area contributed by atoms with Gasteiger partial charge >= 0.3 is 21.1 Å². The molecule has 0 radical (unpaired) electrons. The van der Waals surface area contributed by atoms with E-state index in [9.17, 15) is 0 Å². The molecule has 0 heterocycles. The summed E-state index contributed by atoms with van der Waals surface area (Å²) < 4.78 is 0. The Morgan fingerprint density at radius 2 is 1.33 bits per heavy atom. The first-order valence-electron chi connectivity index (χ1n) is 0.911. The summed E-state index contributed by atoms with van der Waals surface area (Å²) in [4.78, 5) is 0. The third kappa shape index (κ3) is 65.8. The standard InChI is InChI=1S/C2H5.H2N.HPS.W/c1-2;;1-2;/h1H2,2H3;1H2;1H;/q2*-1;;+2. The molecule has 38 valence electrons. The Balaban J connectivity index is -0.00000000500. The third-order valence-corrected chi connectivity index (χ3v) is 0. The van der Waals surface area contributed by atoms with Gasteiger partial charge in [0.2, 0.25) is 0 Å². The van der Waals surface area contributed by atoms with Gasteiger partial charge in [0, 0.05) is 0 Å². The molecule has 6 heavy (non-hydrogen) atoms. The number of rotatable bonds is 0. The Morgan fingerprint density at radius 1 is 1.33 bits per heavy atom. The van der Waals surface area contributed by atoms with Gasteiger partial charge in [-0.25, -0.2) is 0 Å². The van der Waals surface area contributed by atoms with E-state index in [1.165, 1.54) is 0 Å². The van der Waals surface area contributed by atoms with Crippen LogP contribution in [0.5, 0.6) is 0 Å². The van der Waals surface area contributed by atoms with Crippen molar-refractivity contribution in [2.45, 2.75) is 6.92 Å².